The van der Waals surface area contributed by atoms with Gasteiger partial charge in [-0.25, -0.2) is 0 Å². The molecule has 4 heteroatoms. The topological polar surface area (TPSA) is 54.3 Å². The number of hydrogen-bond donors (Lipinski definition) is 1. The Morgan fingerprint density at radius 1 is 1.26 bits per heavy atom. The maximum absolute atomic E-state index is 9.32. The summed E-state index contributed by atoms with van der Waals surface area (Å²) < 4.78 is 10.6. The minimum Gasteiger partial charge on any atom is -0.493 e. The highest BCUT2D eigenvalue weighted by molar-refractivity contribution is 5.49. The Balaban J connectivity index is 2.89. The monoisotopic (exact) mass is 262 g/mol. The molecule has 0 amide bonds. The number of hydrogen-bond acceptors (Lipinski definition) is 4. The molecule has 1 aromatic rings. The number of ether oxygens (including phenoxy) is 2. The van der Waals surface area contributed by atoms with E-state index in [1.165, 1.54) is 0 Å². The summed E-state index contributed by atoms with van der Waals surface area (Å²) in [4.78, 5) is 0. The highest BCUT2D eigenvalue weighted by atomic mass is 16.5. The van der Waals surface area contributed by atoms with Gasteiger partial charge in [0, 0.05) is 5.56 Å². The second-order valence-electron chi connectivity index (χ2n) is 4.78. The van der Waals surface area contributed by atoms with Crippen molar-refractivity contribution in [3.63, 3.8) is 0 Å². The van der Waals surface area contributed by atoms with Crippen LogP contribution in [0, 0.1) is 17.2 Å². The number of nitriles is 1. The lowest BCUT2D eigenvalue weighted by atomic mass is 10.1. The SMILES string of the molecule is COc1cccc(C(C#N)NCCC(C)C)c1OC. The molecule has 0 fully saturated rings. The Bertz CT molecular complexity index is 438. The van der Waals surface area contributed by atoms with Gasteiger partial charge in [-0.3, -0.25) is 5.32 Å². The smallest absolute Gasteiger partial charge is 0.166 e. The fourth-order valence-corrected chi connectivity index (χ4v) is 1.88. The summed E-state index contributed by atoms with van der Waals surface area (Å²) >= 11 is 0. The summed E-state index contributed by atoms with van der Waals surface area (Å²) in [6, 6.07) is 7.46. The standard InChI is InChI=1S/C15H22N2O2/c1-11(2)8-9-17-13(10-16)12-6-5-7-14(18-3)15(12)19-4/h5-7,11,13,17H,8-9H2,1-4H3. The van der Waals surface area contributed by atoms with Crippen molar-refractivity contribution in [3.05, 3.63) is 23.8 Å². The van der Waals surface area contributed by atoms with Crippen LogP contribution in [0.1, 0.15) is 31.9 Å². The molecule has 0 saturated carbocycles. The Morgan fingerprint density at radius 3 is 2.53 bits per heavy atom. The van der Waals surface area contributed by atoms with E-state index in [1.54, 1.807) is 14.2 Å². The van der Waals surface area contributed by atoms with Gasteiger partial charge in [-0.2, -0.15) is 5.26 Å². The maximum Gasteiger partial charge on any atom is 0.166 e. The quantitative estimate of drug-likeness (QED) is 0.821. The van der Waals surface area contributed by atoms with Gasteiger partial charge in [-0.1, -0.05) is 26.0 Å². The molecule has 0 radical (unpaired) electrons. The van der Waals surface area contributed by atoms with Crippen LogP contribution in [0.5, 0.6) is 11.5 Å². The van der Waals surface area contributed by atoms with E-state index < -0.39 is 0 Å². The fraction of sp³-hybridized carbons (Fsp3) is 0.533. The molecular weight excluding hydrogens is 240 g/mol. The molecule has 1 N–H and O–H groups in total. The molecule has 0 aliphatic carbocycles. The minimum absolute atomic E-state index is 0.385. The zero-order valence-electron chi connectivity index (χ0n) is 12.1. The molecule has 1 atom stereocenters. The highest BCUT2D eigenvalue weighted by Crippen LogP contribution is 2.34. The molecule has 0 aromatic heterocycles. The van der Waals surface area contributed by atoms with Crippen molar-refractivity contribution < 1.29 is 9.47 Å². The third-order valence-electron chi connectivity index (χ3n) is 2.94. The van der Waals surface area contributed by atoms with E-state index in [2.05, 4.69) is 25.2 Å². The van der Waals surface area contributed by atoms with E-state index in [1.807, 2.05) is 18.2 Å². The van der Waals surface area contributed by atoms with Crippen LogP contribution in [0.2, 0.25) is 0 Å². The molecule has 0 spiro atoms. The normalized spacial score (nSPS) is 12.0. The predicted molar refractivity (Wildman–Crippen MR) is 75.4 cm³/mol. The van der Waals surface area contributed by atoms with Crippen molar-refractivity contribution in [2.24, 2.45) is 5.92 Å². The third-order valence-corrected chi connectivity index (χ3v) is 2.94. The average molecular weight is 262 g/mol. The van der Waals surface area contributed by atoms with Gasteiger partial charge in [0.05, 0.1) is 20.3 Å². The molecule has 0 aliphatic rings. The van der Waals surface area contributed by atoms with E-state index >= 15 is 0 Å². The first-order valence-corrected chi connectivity index (χ1v) is 6.47. The zero-order chi connectivity index (χ0) is 14.3. The molecule has 0 bridgehead atoms. The first-order valence-electron chi connectivity index (χ1n) is 6.47. The Hall–Kier alpha value is -1.73. The lowest BCUT2D eigenvalue weighted by Gasteiger charge is -2.17. The second-order valence-corrected chi connectivity index (χ2v) is 4.78. The van der Waals surface area contributed by atoms with Crippen molar-refractivity contribution >= 4 is 0 Å². The summed E-state index contributed by atoms with van der Waals surface area (Å²) in [7, 11) is 3.18. The first kappa shape index (κ1) is 15.3. The summed E-state index contributed by atoms with van der Waals surface area (Å²) in [6.07, 6.45) is 1.03. The summed E-state index contributed by atoms with van der Waals surface area (Å²) in [6.45, 7) is 5.13. The van der Waals surface area contributed by atoms with Gasteiger partial charge >= 0.3 is 0 Å². The van der Waals surface area contributed by atoms with Gasteiger partial charge in [0.2, 0.25) is 0 Å². The third kappa shape index (κ3) is 4.15. The van der Waals surface area contributed by atoms with Gasteiger partial charge in [0.15, 0.2) is 11.5 Å². The highest BCUT2D eigenvalue weighted by Gasteiger charge is 2.18. The average Bonchev–Trinajstić information content (AvgIpc) is 2.42. The Labute approximate surface area is 115 Å². The van der Waals surface area contributed by atoms with E-state index in [9.17, 15) is 5.26 Å². The molecule has 19 heavy (non-hydrogen) atoms. The number of benzene rings is 1. The van der Waals surface area contributed by atoms with Crippen LogP contribution in [0.25, 0.3) is 0 Å². The van der Waals surface area contributed by atoms with Crippen LogP contribution in [-0.2, 0) is 0 Å². The van der Waals surface area contributed by atoms with Crippen molar-refractivity contribution in [2.45, 2.75) is 26.3 Å². The lowest BCUT2D eigenvalue weighted by molar-refractivity contribution is 0.349. The number of rotatable bonds is 7. The molecular formula is C15H22N2O2. The van der Waals surface area contributed by atoms with Crippen molar-refractivity contribution in [1.82, 2.24) is 5.32 Å². The Kier molecular flexibility index (Phi) is 6.17. The maximum atomic E-state index is 9.32. The number of nitrogens with zero attached hydrogens (tertiary/aromatic N) is 1. The van der Waals surface area contributed by atoms with Crippen LogP contribution < -0.4 is 14.8 Å². The minimum atomic E-state index is -0.385. The van der Waals surface area contributed by atoms with E-state index in [4.69, 9.17) is 9.47 Å². The van der Waals surface area contributed by atoms with E-state index in [-0.39, 0.29) is 6.04 Å². The zero-order valence-corrected chi connectivity index (χ0v) is 12.1. The summed E-state index contributed by atoms with van der Waals surface area (Å²) in [5.41, 5.74) is 0.813. The molecule has 0 heterocycles. The van der Waals surface area contributed by atoms with Crippen molar-refractivity contribution in [3.8, 4) is 17.6 Å². The summed E-state index contributed by atoms with van der Waals surface area (Å²) in [5, 5.41) is 12.6. The van der Waals surface area contributed by atoms with Crippen LogP contribution in [0.15, 0.2) is 18.2 Å². The fourth-order valence-electron chi connectivity index (χ4n) is 1.88. The molecule has 1 aromatic carbocycles. The molecule has 0 saturated heterocycles. The molecule has 4 nitrogen and oxygen atoms in total. The molecule has 104 valence electrons. The number of nitrogens with one attached hydrogen (secondary N) is 1. The van der Waals surface area contributed by atoms with E-state index in [0.717, 1.165) is 18.5 Å². The molecule has 1 unspecified atom stereocenters. The van der Waals surface area contributed by atoms with Crippen LogP contribution >= 0.6 is 0 Å². The van der Waals surface area contributed by atoms with E-state index in [0.29, 0.717) is 17.4 Å². The molecule has 1 rings (SSSR count). The van der Waals surface area contributed by atoms with Crippen molar-refractivity contribution in [2.75, 3.05) is 20.8 Å². The number of methoxy groups -OCH3 is 2. The van der Waals surface area contributed by atoms with Gasteiger partial charge < -0.3 is 9.47 Å². The van der Waals surface area contributed by atoms with Crippen molar-refractivity contribution in [1.29, 1.82) is 5.26 Å². The molecule has 0 aliphatic heterocycles. The Morgan fingerprint density at radius 2 is 2.00 bits per heavy atom. The van der Waals surface area contributed by atoms with Gasteiger partial charge in [0.25, 0.3) is 0 Å². The first-order chi connectivity index (χ1) is 9.13. The number of para-hydroxylation sites is 1. The van der Waals surface area contributed by atoms with Crippen LogP contribution in [0.4, 0.5) is 0 Å². The van der Waals surface area contributed by atoms with Crippen LogP contribution in [-0.4, -0.2) is 20.8 Å². The predicted octanol–water partition coefficient (Wildman–Crippen LogP) is 2.90. The van der Waals surface area contributed by atoms with Crippen LogP contribution in [0.3, 0.4) is 0 Å². The largest absolute Gasteiger partial charge is 0.493 e. The second kappa shape index (κ2) is 7.65. The summed E-state index contributed by atoms with van der Waals surface area (Å²) in [5.74, 6) is 1.87. The lowest BCUT2D eigenvalue weighted by Crippen LogP contribution is -2.22. The van der Waals surface area contributed by atoms with Gasteiger partial charge in [0.1, 0.15) is 6.04 Å². The van der Waals surface area contributed by atoms with Gasteiger partial charge in [-0.15, -0.1) is 0 Å². The van der Waals surface area contributed by atoms with Gasteiger partial charge in [-0.05, 0) is 24.9 Å².